The van der Waals surface area contributed by atoms with Gasteiger partial charge < -0.3 is 4.74 Å². The van der Waals surface area contributed by atoms with Crippen LogP contribution >= 0.6 is 0 Å². The van der Waals surface area contributed by atoms with E-state index in [0.717, 1.165) is 18.5 Å². The molecule has 0 fully saturated rings. The minimum absolute atomic E-state index is 0.185. The number of esters is 1. The molecule has 0 radical (unpaired) electrons. The lowest BCUT2D eigenvalue weighted by molar-refractivity contribution is -0.148. The number of carbonyl (C=O) groups excluding carboxylic acids is 1. The van der Waals surface area contributed by atoms with Crippen molar-refractivity contribution in [2.75, 3.05) is 11.0 Å². The van der Waals surface area contributed by atoms with Crippen LogP contribution in [-0.2, 0) is 39.4 Å². The summed E-state index contributed by atoms with van der Waals surface area (Å²) in [5.74, 6) is -2.40. The highest BCUT2D eigenvalue weighted by molar-refractivity contribution is 7.92. The molecule has 3 aromatic heterocycles. The number of carbonyl (C=O) groups is 1. The maximum atomic E-state index is 13.9. The summed E-state index contributed by atoms with van der Waals surface area (Å²) >= 11 is 0. The topological polar surface area (TPSA) is 129 Å². The number of nitrogens with zero attached hydrogens (tertiary/aromatic N) is 5. The van der Waals surface area contributed by atoms with Gasteiger partial charge in [-0.15, -0.1) is 5.10 Å². The lowest BCUT2D eigenvalue weighted by atomic mass is 10.1. The predicted molar refractivity (Wildman–Crippen MR) is 114 cm³/mol. The Kier molecular flexibility index (Phi) is 7.01. The molecule has 0 aliphatic heterocycles. The van der Waals surface area contributed by atoms with E-state index in [9.17, 15) is 22.0 Å². The fourth-order valence-electron chi connectivity index (χ4n) is 3.13. The monoisotopic (exact) mass is 480 g/mol. The second-order valence-corrected chi connectivity index (χ2v) is 9.02. The lowest BCUT2D eigenvalue weighted by Gasteiger charge is -2.14. The van der Waals surface area contributed by atoms with Crippen LogP contribution < -0.4 is 4.72 Å². The Bertz CT molecular complexity index is 1300. The smallest absolute Gasteiger partial charge is 0.312 e. The Labute approximate surface area is 189 Å². The molecule has 1 N–H and O–H groups in total. The van der Waals surface area contributed by atoms with Crippen molar-refractivity contribution >= 4 is 21.7 Å². The molecule has 10 nitrogen and oxygen atoms in total. The fourth-order valence-corrected chi connectivity index (χ4v) is 3.72. The second-order valence-electron chi connectivity index (χ2n) is 7.27. The van der Waals surface area contributed by atoms with Gasteiger partial charge in [-0.1, -0.05) is 12.1 Å². The van der Waals surface area contributed by atoms with Gasteiger partial charge in [0.05, 0.1) is 47.2 Å². The molecule has 1 atom stereocenters. The number of hydrogen-bond donors (Lipinski definition) is 1. The van der Waals surface area contributed by atoms with E-state index in [2.05, 4.69) is 25.0 Å². The summed E-state index contributed by atoms with van der Waals surface area (Å²) in [6.45, 7) is 3.22. The predicted octanol–water partition coefficient (Wildman–Crippen LogP) is 2.33. The van der Waals surface area contributed by atoms with Crippen molar-refractivity contribution in [3.8, 4) is 11.4 Å². The molecule has 0 spiro atoms. The standard InChI is InChI=1S/C20H22F2N6O4S/c1-5-14-15(26-33(4,30)31)6-7-16(24-14)19-17(28(3)27-25-19)9-18(29)32-11(2)13-8-12(21)10-23-20(13)22/h6-8,10-11,26H,5,9H2,1-4H3/t11-/m1/s1. The normalized spacial score (nSPS) is 12.4. The highest BCUT2D eigenvalue weighted by Gasteiger charge is 2.22. The van der Waals surface area contributed by atoms with Crippen molar-refractivity contribution < 1.29 is 26.7 Å². The van der Waals surface area contributed by atoms with Gasteiger partial charge >= 0.3 is 5.97 Å². The van der Waals surface area contributed by atoms with Crippen LogP contribution in [0.4, 0.5) is 14.5 Å². The minimum atomic E-state index is -3.49. The van der Waals surface area contributed by atoms with E-state index >= 15 is 0 Å². The van der Waals surface area contributed by atoms with Crippen LogP contribution in [-0.4, -0.2) is 45.6 Å². The molecular weight excluding hydrogens is 458 g/mol. The van der Waals surface area contributed by atoms with Crippen molar-refractivity contribution in [3.05, 3.63) is 53.1 Å². The molecule has 0 saturated heterocycles. The zero-order chi connectivity index (χ0) is 24.3. The van der Waals surface area contributed by atoms with Gasteiger partial charge in [-0.3, -0.25) is 14.2 Å². The summed E-state index contributed by atoms with van der Waals surface area (Å²) < 4.78 is 59.4. The molecule has 3 aromatic rings. The van der Waals surface area contributed by atoms with Gasteiger partial charge in [-0.2, -0.15) is 4.39 Å². The maximum absolute atomic E-state index is 13.9. The van der Waals surface area contributed by atoms with Gasteiger partial charge in [-0.25, -0.2) is 22.8 Å². The quantitative estimate of drug-likeness (QED) is 0.384. The number of anilines is 1. The Hall–Kier alpha value is -3.48. The lowest BCUT2D eigenvalue weighted by Crippen LogP contribution is -2.15. The average molecular weight is 480 g/mol. The van der Waals surface area contributed by atoms with Gasteiger partial charge in [0.25, 0.3) is 0 Å². The molecule has 0 amide bonds. The SMILES string of the molecule is CCc1nc(-c2nnn(C)c2CC(=O)O[C@H](C)c2cc(F)cnc2F)ccc1NS(C)(=O)=O. The Balaban J connectivity index is 1.84. The highest BCUT2D eigenvalue weighted by Crippen LogP contribution is 2.25. The van der Waals surface area contributed by atoms with Crippen LogP contribution in [0.3, 0.4) is 0 Å². The van der Waals surface area contributed by atoms with E-state index < -0.39 is 33.9 Å². The van der Waals surface area contributed by atoms with E-state index in [1.807, 2.05) is 6.92 Å². The van der Waals surface area contributed by atoms with Crippen LogP contribution in [0, 0.1) is 11.8 Å². The number of pyridine rings is 2. The molecule has 0 aliphatic rings. The van der Waals surface area contributed by atoms with Crippen LogP contribution in [0.15, 0.2) is 24.4 Å². The maximum Gasteiger partial charge on any atom is 0.312 e. The van der Waals surface area contributed by atoms with Crippen LogP contribution in [0.2, 0.25) is 0 Å². The van der Waals surface area contributed by atoms with Crippen LogP contribution in [0.25, 0.3) is 11.4 Å². The molecule has 0 aliphatic carbocycles. The third-order valence-electron chi connectivity index (χ3n) is 4.68. The number of ether oxygens (including phenoxy) is 1. The Morgan fingerprint density at radius 2 is 2.03 bits per heavy atom. The summed E-state index contributed by atoms with van der Waals surface area (Å²) in [7, 11) is -1.90. The average Bonchev–Trinajstić information content (AvgIpc) is 3.09. The van der Waals surface area contributed by atoms with E-state index in [4.69, 9.17) is 4.74 Å². The van der Waals surface area contributed by atoms with Crippen molar-refractivity contribution in [1.82, 2.24) is 25.0 Å². The number of rotatable bonds is 8. The molecule has 0 aromatic carbocycles. The van der Waals surface area contributed by atoms with Gasteiger partial charge in [0.15, 0.2) is 0 Å². The fraction of sp³-hybridized carbons (Fsp3) is 0.350. The summed E-state index contributed by atoms with van der Waals surface area (Å²) in [5.41, 5.74) is 1.71. The first-order valence-corrected chi connectivity index (χ1v) is 11.7. The molecule has 0 unspecified atom stereocenters. The minimum Gasteiger partial charge on any atom is -0.457 e. The van der Waals surface area contributed by atoms with Gasteiger partial charge in [0, 0.05) is 7.05 Å². The van der Waals surface area contributed by atoms with E-state index in [1.165, 1.54) is 11.6 Å². The third-order valence-corrected chi connectivity index (χ3v) is 5.27. The molecular formula is C20H22F2N6O4S. The summed E-state index contributed by atoms with van der Waals surface area (Å²) in [4.78, 5) is 20.3. The molecule has 3 rings (SSSR count). The van der Waals surface area contributed by atoms with Crippen molar-refractivity contribution in [2.45, 2.75) is 32.8 Å². The first-order valence-electron chi connectivity index (χ1n) is 9.85. The van der Waals surface area contributed by atoms with E-state index in [1.54, 1.807) is 19.2 Å². The number of sulfonamides is 1. The Morgan fingerprint density at radius 3 is 2.70 bits per heavy atom. The van der Waals surface area contributed by atoms with Crippen molar-refractivity contribution in [1.29, 1.82) is 0 Å². The summed E-state index contributed by atoms with van der Waals surface area (Å²) in [6.07, 6.45) is 0.875. The van der Waals surface area contributed by atoms with Gasteiger partial charge in [0.2, 0.25) is 16.0 Å². The largest absolute Gasteiger partial charge is 0.457 e. The first kappa shape index (κ1) is 24.2. The molecule has 176 valence electrons. The molecule has 13 heteroatoms. The first-order chi connectivity index (χ1) is 15.5. The summed E-state index contributed by atoms with van der Waals surface area (Å²) in [5, 5.41) is 8.00. The van der Waals surface area contributed by atoms with Gasteiger partial charge in [-0.05, 0) is 31.5 Å². The molecule has 0 bridgehead atoms. The number of hydrogen-bond acceptors (Lipinski definition) is 8. The van der Waals surface area contributed by atoms with E-state index in [-0.39, 0.29) is 12.0 Å². The molecule has 33 heavy (non-hydrogen) atoms. The number of aryl methyl sites for hydroxylation is 2. The van der Waals surface area contributed by atoms with Crippen molar-refractivity contribution in [3.63, 3.8) is 0 Å². The highest BCUT2D eigenvalue weighted by atomic mass is 32.2. The van der Waals surface area contributed by atoms with Crippen LogP contribution in [0.1, 0.15) is 36.9 Å². The number of aromatic nitrogens is 5. The van der Waals surface area contributed by atoms with Gasteiger partial charge in [0.1, 0.15) is 17.6 Å². The van der Waals surface area contributed by atoms with Crippen LogP contribution in [0.5, 0.6) is 0 Å². The zero-order valence-electron chi connectivity index (χ0n) is 18.3. The molecule has 0 saturated carbocycles. The third kappa shape index (κ3) is 5.86. The Morgan fingerprint density at radius 1 is 1.30 bits per heavy atom. The molecule has 3 heterocycles. The zero-order valence-corrected chi connectivity index (χ0v) is 19.2. The summed E-state index contributed by atoms with van der Waals surface area (Å²) in [6, 6.07) is 4.03. The number of halogens is 2. The van der Waals surface area contributed by atoms with E-state index in [0.29, 0.717) is 34.9 Å². The van der Waals surface area contributed by atoms with Crippen molar-refractivity contribution in [2.24, 2.45) is 7.05 Å². The number of nitrogens with one attached hydrogen (secondary N) is 1. The second kappa shape index (κ2) is 9.57.